The first-order chi connectivity index (χ1) is 30.8. The molecule has 7 rings (SSSR count). The molecule has 0 amide bonds. The highest BCUT2D eigenvalue weighted by Crippen LogP contribution is 2.76. The molecule has 3 heterocycles. The average molecular weight is 947 g/mol. The van der Waals surface area contributed by atoms with Crippen molar-refractivity contribution in [2.45, 2.75) is 223 Å². The Morgan fingerprint density at radius 2 is 1.15 bits per heavy atom. The quantitative estimate of drug-likeness (QED) is 0.0853. The molecule has 3 saturated heterocycles. The summed E-state index contributed by atoms with van der Waals surface area (Å²) in [5.74, 6) is -0.128. The van der Waals surface area contributed by atoms with Crippen LogP contribution in [0.4, 0.5) is 0 Å². The zero-order valence-corrected chi connectivity index (χ0v) is 40.0. The Kier molecular flexibility index (Phi) is 15.7. The van der Waals surface area contributed by atoms with Crippen LogP contribution in [0.5, 0.6) is 0 Å². The summed E-state index contributed by atoms with van der Waals surface area (Å²) in [6.45, 7) is 15.8. The first-order valence-electron chi connectivity index (χ1n) is 24.4. The molecule has 3 aliphatic heterocycles. The van der Waals surface area contributed by atoms with Crippen molar-refractivity contribution in [3.8, 4) is 0 Å². The third-order valence-corrected chi connectivity index (χ3v) is 18.8. The van der Waals surface area contributed by atoms with E-state index < -0.39 is 129 Å². The van der Waals surface area contributed by atoms with Crippen molar-refractivity contribution in [1.82, 2.24) is 0 Å². The molecule has 0 aromatic rings. The van der Waals surface area contributed by atoms with Crippen LogP contribution in [0.25, 0.3) is 0 Å². The molecule has 0 aromatic carbocycles. The highest BCUT2D eigenvalue weighted by atomic mass is 16.7. The Labute approximate surface area is 388 Å². The third-order valence-electron chi connectivity index (χ3n) is 18.8. The molecule has 12 N–H and O–H groups in total. The van der Waals surface area contributed by atoms with Gasteiger partial charge in [-0.25, -0.2) is 0 Å². The number of hydrogen-bond acceptors (Lipinski definition) is 18. The number of aliphatic hydroxyl groups excluding tert-OH is 12. The molecular formula is C48H82O18. The second-order valence-electron chi connectivity index (χ2n) is 22.9. The molecule has 382 valence electrons. The largest absolute Gasteiger partial charge is 0.394 e. The van der Waals surface area contributed by atoms with Gasteiger partial charge in [-0.2, -0.15) is 0 Å². The Morgan fingerprint density at radius 1 is 0.621 bits per heavy atom. The maximum atomic E-state index is 12.7. The Balaban J connectivity index is 1.11. The van der Waals surface area contributed by atoms with Gasteiger partial charge < -0.3 is 89.7 Å². The summed E-state index contributed by atoms with van der Waals surface area (Å²) in [4.78, 5) is 0. The molecule has 4 saturated carbocycles. The van der Waals surface area contributed by atoms with Crippen LogP contribution in [-0.4, -0.2) is 191 Å². The van der Waals surface area contributed by atoms with Crippen LogP contribution in [0.15, 0.2) is 11.6 Å². The molecule has 7 fully saturated rings. The van der Waals surface area contributed by atoms with E-state index >= 15 is 0 Å². The average Bonchev–Trinajstić information content (AvgIpc) is 3.65. The minimum absolute atomic E-state index is 0.133. The molecule has 0 aromatic heterocycles. The van der Waals surface area contributed by atoms with E-state index in [1.54, 1.807) is 0 Å². The van der Waals surface area contributed by atoms with Gasteiger partial charge in [0.25, 0.3) is 0 Å². The lowest BCUT2D eigenvalue weighted by Gasteiger charge is -2.71. The molecule has 18 nitrogen and oxygen atoms in total. The fourth-order valence-corrected chi connectivity index (χ4v) is 14.8. The van der Waals surface area contributed by atoms with E-state index in [9.17, 15) is 61.3 Å². The van der Waals surface area contributed by atoms with Gasteiger partial charge >= 0.3 is 0 Å². The lowest BCUT2D eigenvalue weighted by molar-refractivity contribution is -0.350. The van der Waals surface area contributed by atoms with E-state index in [1.165, 1.54) is 0 Å². The smallest absolute Gasteiger partial charge is 0.187 e. The number of rotatable bonds is 13. The van der Waals surface area contributed by atoms with Gasteiger partial charge in [0, 0.05) is 0 Å². The number of ether oxygens (including phenoxy) is 6. The van der Waals surface area contributed by atoms with Crippen molar-refractivity contribution in [2.75, 3.05) is 19.8 Å². The predicted molar refractivity (Wildman–Crippen MR) is 234 cm³/mol. The zero-order valence-electron chi connectivity index (χ0n) is 40.0. The van der Waals surface area contributed by atoms with Crippen molar-refractivity contribution in [2.24, 2.45) is 45.3 Å². The summed E-state index contributed by atoms with van der Waals surface area (Å²) in [5.41, 5.74) is -1.06. The monoisotopic (exact) mass is 947 g/mol. The molecule has 0 spiro atoms. The molecule has 7 aliphatic rings. The molecular weight excluding hydrogens is 865 g/mol. The molecule has 2 unspecified atom stereocenters. The van der Waals surface area contributed by atoms with Crippen LogP contribution < -0.4 is 0 Å². The maximum Gasteiger partial charge on any atom is 0.187 e. The molecule has 4 aliphatic carbocycles. The van der Waals surface area contributed by atoms with Crippen molar-refractivity contribution in [3.05, 3.63) is 11.6 Å². The number of allylic oxidation sites excluding steroid dienone is 2. The molecule has 0 radical (unpaired) electrons. The van der Waals surface area contributed by atoms with Gasteiger partial charge in [0.05, 0.1) is 37.6 Å². The summed E-state index contributed by atoms with van der Waals surface area (Å²) in [6, 6.07) is 0. The SMILES string of the molecule is CC(C)=CCC[C@](C)(O[C@@H]1O[C@H](CO[C@@H]2O[C@H](CO)[C@@H](O)[C@@H](O)[C@H]2O)[C@@H](O)[C@@H](O)[C@H]1O)[C@H]1CC[C@]2(C)C1[C@@H](O)C[C@@H]1[C@@]3(C)CC[C@H](O[C@@H]4O[C@H](CO)[C@@H](O)[C@@H](O)[C@H]4O)C(C)(C)C3CC[C@]12C. The standard InChI is InChI=1S/C48H82O18/c1-22(2)10-9-14-48(8,66-43-40(60)37(57)34(54)27(64-43)21-61-41-38(58)35(55)32(52)25(19-49)62-41)23-11-16-47(7)31(23)24(51)18-29-45(5)15-13-30(44(3,4)28(45)12-17-46(29,47)6)65-42-39(59)36(56)33(53)26(20-50)63-42/h10,23-43,49-60H,9,11-21H2,1-8H3/t23-,24-,25+,26+,27+,28?,29+,30-,31?,32+,33+,34+,35+,36+,37+,38+,39+,40+,41+,42-,43-,45-,46+,47+,48-/m0/s1. The Hall–Kier alpha value is -0.980. The van der Waals surface area contributed by atoms with Crippen LogP contribution in [-0.2, 0) is 28.4 Å². The van der Waals surface area contributed by atoms with Crippen LogP contribution >= 0.6 is 0 Å². The van der Waals surface area contributed by atoms with Crippen molar-refractivity contribution < 1.29 is 89.7 Å². The fourth-order valence-electron chi connectivity index (χ4n) is 14.8. The van der Waals surface area contributed by atoms with E-state index in [0.717, 1.165) is 31.3 Å². The Morgan fingerprint density at radius 3 is 1.74 bits per heavy atom. The summed E-state index contributed by atoms with van der Waals surface area (Å²) in [7, 11) is 0. The highest BCUT2D eigenvalue weighted by Gasteiger charge is 2.72. The van der Waals surface area contributed by atoms with Crippen molar-refractivity contribution in [3.63, 3.8) is 0 Å². The van der Waals surface area contributed by atoms with E-state index in [4.69, 9.17) is 28.4 Å². The first kappa shape index (κ1) is 52.8. The molecule has 66 heavy (non-hydrogen) atoms. The number of fused-ring (bicyclic) bond motifs is 5. The lowest BCUT2D eigenvalue weighted by Crippen LogP contribution is -2.67. The van der Waals surface area contributed by atoms with Gasteiger partial charge in [-0.05, 0) is 124 Å². The van der Waals surface area contributed by atoms with Gasteiger partial charge in [0.2, 0.25) is 0 Å². The van der Waals surface area contributed by atoms with Crippen LogP contribution in [0, 0.1) is 45.3 Å². The fraction of sp³-hybridized carbons (Fsp3) is 0.958. The number of hydrogen-bond donors (Lipinski definition) is 12. The van der Waals surface area contributed by atoms with Crippen LogP contribution in [0.1, 0.15) is 113 Å². The van der Waals surface area contributed by atoms with Gasteiger partial charge in [-0.3, -0.25) is 0 Å². The topological polar surface area (TPSA) is 298 Å². The normalized spacial score (nSPS) is 52.4. The zero-order chi connectivity index (χ0) is 48.6. The first-order valence-corrected chi connectivity index (χ1v) is 24.4. The van der Waals surface area contributed by atoms with E-state index in [-0.39, 0.29) is 46.0 Å². The maximum absolute atomic E-state index is 12.7. The van der Waals surface area contributed by atoms with Crippen molar-refractivity contribution >= 4 is 0 Å². The van der Waals surface area contributed by atoms with E-state index in [0.29, 0.717) is 32.1 Å². The van der Waals surface area contributed by atoms with Gasteiger partial charge in [0.1, 0.15) is 73.2 Å². The summed E-state index contributed by atoms with van der Waals surface area (Å²) in [5, 5.41) is 129. The van der Waals surface area contributed by atoms with Crippen LogP contribution in [0.2, 0.25) is 0 Å². The predicted octanol–water partition coefficient (Wildman–Crippen LogP) is -0.0268. The van der Waals surface area contributed by atoms with Gasteiger partial charge in [0.15, 0.2) is 18.9 Å². The highest BCUT2D eigenvalue weighted by molar-refractivity contribution is 5.20. The summed E-state index contributed by atoms with van der Waals surface area (Å²) >= 11 is 0. The van der Waals surface area contributed by atoms with E-state index in [2.05, 4.69) is 40.7 Å². The van der Waals surface area contributed by atoms with E-state index in [1.807, 2.05) is 20.8 Å². The molecule has 0 bridgehead atoms. The van der Waals surface area contributed by atoms with Gasteiger partial charge in [-0.15, -0.1) is 0 Å². The lowest BCUT2D eigenvalue weighted by atomic mass is 9.35. The second kappa shape index (κ2) is 19.6. The molecule has 25 atom stereocenters. The molecule has 18 heteroatoms. The summed E-state index contributed by atoms with van der Waals surface area (Å²) in [6.07, 6.45) is -14.9. The summed E-state index contributed by atoms with van der Waals surface area (Å²) < 4.78 is 36.6. The Bertz CT molecular complexity index is 1680. The minimum atomic E-state index is -1.72. The van der Waals surface area contributed by atoms with Gasteiger partial charge in [-0.1, -0.05) is 46.3 Å². The second-order valence-corrected chi connectivity index (χ2v) is 22.9. The number of aliphatic hydroxyl groups is 12. The van der Waals surface area contributed by atoms with Crippen LogP contribution in [0.3, 0.4) is 0 Å². The minimum Gasteiger partial charge on any atom is -0.394 e. The van der Waals surface area contributed by atoms with Crippen molar-refractivity contribution in [1.29, 1.82) is 0 Å². The third kappa shape index (κ3) is 8.90.